The Morgan fingerprint density at radius 3 is 2.63 bits per heavy atom. The van der Waals surface area contributed by atoms with Crippen molar-refractivity contribution in [2.24, 2.45) is 0 Å². The van der Waals surface area contributed by atoms with Crippen LogP contribution in [0.25, 0.3) is 0 Å². The number of H-pyrrole nitrogens is 1. The first kappa shape index (κ1) is 13.6. The van der Waals surface area contributed by atoms with Crippen molar-refractivity contribution in [1.29, 1.82) is 0 Å². The van der Waals surface area contributed by atoms with E-state index in [1.807, 2.05) is 0 Å². The number of benzene rings is 1. The largest absolute Gasteiger partial charge is 0.478 e. The van der Waals surface area contributed by atoms with Gasteiger partial charge >= 0.3 is 5.97 Å². The molecule has 1 aromatic heterocycles. The van der Waals surface area contributed by atoms with Crippen molar-refractivity contribution in [3.8, 4) is 0 Å². The summed E-state index contributed by atoms with van der Waals surface area (Å²) in [5.74, 6) is -1.60. The first-order chi connectivity index (χ1) is 8.97. The summed E-state index contributed by atoms with van der Waals surface area (Å²) in [5.41, 5.74) is 0.442. The second-order valence-electron chi connectivity index (χ2n) is 3.68. The van der Waals surface area contributed by atoms with Gasteiger partial charge in [0.05, 0.1) is 11.3 Å². The Balaban J connectivity index is 2.28. The molecule has 1 heterocycles. The number of rotatable bonds is 3. The normalized spacial score (nSPS) is 10.2. The molecule has 0 spiro atoms. The zero-order chi connectivity index (χ0) is 14.0. The SMILES string of the molecule is O=C(Nc1ccc(Cl)cc1C(=O)O)c1cc(Br)c[nH]1. The summed E-state index contributed by atoms with van der Waals surface area (Å²) >= 11 is 8.94. The average Bonchev–Trinajstić information content (AvgIpc) is 2.78. The van der Waals surface area contributed by atoms with Gasteiger partial charge in [-0.15, -0.1) is 0 Å². The monoisotopic (exact) mass is 342 g/mol. The van der Waals surface area contributed by atoms with Gasteiger partial charge in [0.2, 0.25) is 0 Å². The van der Waals surface area contributed by atoms with E-state index in [2.05, 4.69) is 26.2 Å². The van der Waals surface area contributed by atoms with Gasteiger partial charge in [-0.05, 0) is 40.2 Å². The van der Waals surface area contributed by atoms with Gasteiger partial charge in [0.25, 0.3) is 5.91 Å². The highest BCUT2D eigenvalue weighted by Crippen LogP contribution is 2.21. The number of carboxylic acid groups (broad SMARTS) is 1. The van der Waals surface area contributed by atoms with E-state index in [0.717, 1.165) is 4.47 Å². The van der Waals surface area contributed by atoms with Crippen molar-refractivity contribution < 1.29 is 14.7 Å². The summed E-state index contributed by atoms with van der Waals surface area (Å²) in [7, 11) is 0. The molecule has 0 aliphatic rings. The second-order valence-corrected chi connectivity index (χ2v) is 5.03. The van der Waals surface area contributed by atoms with Crippen molar-refractivity contribution in [2.45, 2.75) is 0 Å². The Bertz CT molecular complexity index is 654. The van der Waals surface area contributed by atoms with Crippen LogP contribution >= 0.6 is 27.5 Å². The predicted octanol–water partition coefficient (Wildman–Crippen LogP) is 3.38. The lowest BCUT2D eigenvalue weighted by Crippen LogP contribution is -2.15. The van der Waals surface area contributed by atoms with E-state index < -0.39 is 11.9 Å². The number of carbonyl (C=O) groups is 2. The molecule has 2 aromatic rings. The van der Waals surface area contributed by atoms with Gasteiger partial charge in [0.15, 0.2) is 0 Å². The van der Waals surface area contributed by atoms with Gasteiger partial charge in [-0.25, -0.2) is 4.79 Å². The maximum absolute atomic E-state index is 11.9. The quantitative estimate of drug-likeness (QED) is 0.799. The molecule has 98 valence electrons. The Morgan fingerprint density at radius 2 is 2.05 bits per heavy atom. The number of hydrogen-bond acceptors (Lipinski definition) is 2. The maximum Gasteiger partial charge on any atom is 0.337 e. The molecular formula is C12H8BrClN2O3. The van der Waals surface area contributed by atoms with Gasteiger partial charge in [0, 0.05) is 15.7 Å². The Labute approximate surface area is 121 Å². The van der Waals surface area contributed by atoms with Gasteiger partial charge in [-0.2, -0.15) is 0 Å². The van der Waals surface area contributed by atoms with Crippen LogP contribution in [0.3, 0.4) is 0 Å². The third-order valence-corrected chi connectivity index (χ3v) is 3.05. The van der Waals surface area contributed by atoms with E-state index in [0.29, 0.717) is 5.69 Å². The predicted molar refractivity (Wildman–Crippen MR) is 74.9 cm³/mol. The van der Waals surface area contributed by atoms with Crippen LogP contribution < -0.4 is 5.32 Å². The van der Waals surface area contributed by atoms with Crippen LogP contribution in [0, 0.1) is 0 Å². The minimum atomic E-state index is -1.16. The summed E-state index contributed by atoms with van der Waals surface area (Å²) in [6.45, 7) is 0. The van der Waals surface area contributed by atoms with Gasteiger partial charge < -0.3 is 15.4 Å². The standard InChI is InChI=1S/C12H8BrClN2O3/c13-6-3-10(15-5-6)11(17)16-9-2-1-7(14)4-8(9)12(18)19/h1-5,15H,(H,16,17)(H,18,19). The summed E-state index contributed by atoms with van der Waals surface area (Å²) in [6.07, 6.45) is 1.61. The Hall–Kier alpha value is -1.79. The highest BCUT2D eigenvalue weighted by atomic mass is 79.9. The van der Waals surface area contributed by atoms with Crippen LogP contribution in [0.2, 0.25) is 5.02 Å². The van der Waals surface area contributed by atoms with E-state index in [-0.39, 0.29) is 16.3 Å². The molecular weight excluding hydrogens is 336 g/mol. The molecule has 0 aliphatic heterocycles. The fourth-order valence-corrected chi connectivity index (χ4v) is 2.01. The smallest absolute Gasteiger partial charge is 0.337 e. The highest BCUT2D eigenvalue weighted by molar-refractivity contribution is 9.10. The summed E-state index contributed by atoms with van der Waals surface area (Å²) < 4.78 is 0.729. The van der Waals surface area contributed by atoms with E-state index >= 15 is 0 Å². The van der Waals surface area contributed by atoms with Gasteiger partial charge in [-0.3, -0.25) is 4.79 Å². The van der Waals surface area contributed by atoms with Crippen LogP contribution in [0.1, 0.15) is 20.8 Å². The molecule has 1 amide bonds. The molecule has 0 unspecified atom stereocenters. The number of carbonyl (C=O) groups excluding carboxylic acids is 1. The fraction of sp³-hybridized carbons (Fsp3) is 0. The van der Waals surface area contributed by atoms with Crippen LogP contribution in [-0.2, 0) is 0 Å². The molecule has 0 radical (unpaired) electrons. The lowest BCUT2D eigenvalue weighted by Gasteiger charge is -2.07. The first-order valence-corrected chi connectivity index (χ1v) is 6.32. The van der Waals surface area contributed by atoms with E-state index in [1.54, 1.807) is 12.3 Å². The number of aromatic nitrogens is 1. The lowest BCUT2D eigenvalue weighted by atomic mass is 10.1. The van der Waals surface area contributed by atoms with Crippen molar-refractivity contribution in [3.63, 3.8) is 0 Å². The second kappa shape index (κ2) is 5.46. The number of amides is 1. The molecule has 2 rings (SSSR count). The summed E-state index contributed by atoms with van der Waals surface area (Å²) in [4.78, 5) is 25.7. The minimum absolute atomic E-state index is 0.0635. The van der Waals surface area contributed by atoms with Gasteiger partial charge in [-0.1, -0.05) is 11.6 Å². The topological polar surface area (TPSA) is 82.2 Å². The highest BCUT2D eigenvalue weighted by Gasteiger charge is 2.15. The zero-order valence-corrected chi connectivity index (χ0v) is 11.7. The number of halogens is 2. The lowest BCUT2D eigenvalue weighted by molar-refractivity contribution is 0.0698. The number of aromatic carboxylic acids is 1. The number of hydrogen-bond donors (Lipinski definition) is 3. The molecule has 1 aromatic carbocycles. The molecule has 0 atom stereocenters. The van der Waals surface area contributed by atoms with E-state index in [1.165, 1.54) is 18.2 Å². The van der Waals surface area contributed by atoms with Crippen LogP contribution in [-0.4, -0.2) is 22.0 Å². The molecule has 0 fully saturated rings. The fourth-order valence-electron chi connectivity index (χ4n) is 1.49. The van der Waals surface area contributed by atoms with Crippen molar-refractivity contribution >= 4 is 45.1 Å². The molecule has 5 nitrogen and oxygen atoms in total. The molecule has 7 heteroatoms. The number of aromatic amines is 1. The molecule has 0 aliphatic carbocycles. The van der Waals surface area contributed by atoms with E-state index in [4.69, 9.17) is 16.7 Å². The maximum atomic E-state index is 11.9. The van der Waals surface area contributed by atoms with Crippen LogP contribution in [0.15, 0.2) is 34.9 Å². The average molecular weight is 344 g/mol. The number of carboxylic acids is 1. The van der Waals surface area contributed by atoms with Crippen LogP contribution in [0.4, 0.5) is 5.69 Å². The Morgan fingerprint density at radius 1 is 1.32 bits per heavy atom. The van der Waals surface area contributed by atoms with Crippen molar-refractivity contribution in [2.75, 3.05) is 5.32 Å². The first-order valence-electron chi connectivity index (χ1n) is 5.15. The number of nitrogens with one attached hydrogen (secondary N) is 2. The molecule has 3 N–H and O–H groups in total. The molecule has 0 bridgehead atoms. The van der Waals surface area contributed by atoms with Gasteiger partial charge in [0.1, 0.15) is 5.69 Å². The van der Waals surface area contributed by atoms with Crippen LogP contribution in [0.5, 0.6) is 0 Å². The zero-order valence-electron chi connectivity index (χ0n) is 9.41. The summed E-state index contributed by atoms with van der Waals surface area (Å²) in [5, 5.41) is 11.9. The third-order valence-electron chi connectivity index (χ3n) is 2.35. The molecule has 0 saturated carbocycles. The molecule has 19 heavy (non-hydrogen) atoms. The number of anilines is 1. The summed E-state index contributed by atoms with van der Waals surface area (Å²) in [6, 6.07) is 5.83. The third kappa shape index (κ3) is 3.15. The van der Waals surface area contributed by atoms with Crippen molar-refractivity contribution in [1.82, 2.24) is 4.98 Å². The minimum Gasteiger partial charge on any atom is -0.478 e. The molecule has 0 saturated heterocycles. The van der Waals surface area contributed by atoms with Crippen molar-refractivity contribution in [3.05, 3.63) is 51.2 Å². The Kier molecular flexibility index (Phi) is 3.92. The van der Waals surface area contributed by atoms with E-state index in [9.17, 15) is 9.59 Å².